The van der Waals surface area contributed by atoms with Crippen LogP contribution in [0.5, 0.6) is 0 Å². The number of halogens is 1. The van der Waals surface area contributed by atoms with Gasteiger partial charge in [0, 0.05) is 54.8 Å². The molecule has 52 heavy (non-hydrogen) atoms. The van der Waals surface area contributed by atoms with Gasteiger partial charge in [0.1, 0.15) is 5.01 Å². The lowest BCUT2D eigenvalue weighted by Crippen LogP contribution is -2.36. The highest BCUT2D eigenvalue weighted by Crippen LogP contribution is 2.41. The summed E-state index contributed by atoms with van der Waals surface area (Å²) in [5.41, 5.74) is 7.29. The minimum atomic E-state index is -0.675. The van der Waals surface area contributed by atoms with E-state index in [1.807, 2.05) is 65.7 Å². The van der Waals surface area contributed by atoms with E-state index < -0.39 is 5.97 Å². The molecule has 13 heteroatoms. The number of rotatable bonds is 10. The second kappa shape index (κ2) is 15.1. The lowest BCUT2D eigenvalue weighted by Gasteiger charge is -2.33. The molecule has 4 heterocycles. The van der Waals surface area contributed by atoms with Crippen molar-refractivity contribution >= 4 is 46.4 Å². The monoisotopic (exact) mass is 743 g/mol. The summed E-state index contributed by atoms with van der Waals surface area (Å²) < 4.78 is 1.90. The second-order valence-electron chi connectivity index (χ2n) is 14.5. The number of nitrogens with one attached hydrogen (secondary N) is 1. The molecule has 7 rings (SSSR count). The quantitative estimate of drug-likeness (QED) is 0.190. The number of carboxylic acids is 1. The van der Waals surface area contributed by atoms with Gasteiger partial charge < -0.3 is 19.9 Å². The Morgan fingerprint density at radius 2 is 1.73 bits per heavy atom. The summed E-state index contributed by atoms with van der Waals surface area (Å²) in [7, 11) is 3.85. The Balaban J connectivity index is 1.03. The van der Waals surface area contributed by atoms with E-state index >= 15 is 0 Å². The number of nitrogens with zero attached hydrogens (tertiary/aromatic N) is 6. The van der Waals surface area contributed by atoms with Crippen molar-refractivity contribution < 1.29 is 19.5 Å². The zero-order valence-electron chi connectivity index (χ0n) is 30.2. The van der Waals surface area contributed by atoms with Crippen LogP contribution in [-0.4, -0.2) is 85.4 Å². The number of carboxylic acid groups (broad SMARTS) is 1. The molecular formula is C39H46ClN7O4S. The molecule has 0 radical (unpaired) electrons. The minimum absolute atomic E-state index is 0.120. The first kappa shape index (κ1) is 36.3. The molecule has 0 bridgehead atoms. The van der Waals surface area contributed by atoms with Crippen molar-refractivity contribution in [2.45, 2.75) is 65.6 Å². The number of aromatic nitrogens is 3. The van der Waals surface area contributed by atoms with Gasteiger partial charge in [-0.25, -0.2) is 9.97 Å². The molecule has 0 spiro atoms. The standard InChI is InChI=1S/C39H46ClN7O4S/c1-5-44(3)22-34(48)47-20-31-33(21-47)52-38(43-31)27-9-6-8-26(23(27)2)28-10-7-11-29(35(28)40)42-37(49)36-41-30-19-46(17-16-32(30)45(36)4)18-24-12-14-25(15-13-24)39(50)51/h6-11,24-25H,5,12-22H2,1-4H3,(H,42,49)(H,50,51)/t24-,25-. The third kappa shape index (κ3) is 7.26. The number of amides is 2. The van der Waals surface area contributed by atoms with Crippen molar-refractivity contribution in [1.82, 2.24) is 29.2 Å². The molecule has 1 saturated carbocycles. The van der Waals surface area contributed by atoms with Gasteiger partial charge in [-0.2, -0.15) is 0 Å². The molecule has 0 saturated heterocycles. The molecule has 2 aromatic carbocycles. The summed E-state index contributed by atoms with van der Waals surface area (Å²) in [4.78, 5) is 55.0. The Morgan fingerprint density at radius 1 is 1.00 bits per heavy atom. The van der Waals surface area contributed by atoms with Gasteiger partial charge in [0.25, 0.3) is 5.91 Å². The number of imidazole rings is 1. The minimum Gasteiger partial charge on any atom is -0.481 e. The Kier molecular flexibility index (Phi) is 10.5. The summed E-state index contributed by atoms with van der Waals surface area (Å²) in [5.74, 6) is -0.237. The first-order valence-electron chi connectivity index (χ1n) is 18.1. The van der Waals surface area contributed by atoms with Crippen LogP contribution in [0.4, 0.5) is 5.69 Å². The average Bonchev–Trinajstić information content (AvgIpc) is 3.81. The number of fused-ring (bicyclic) bond motifs is 2. The van der Waals surface area contributed by atoms with E-state index in [1.54, 1.807) is 11.3 Å². The number of thiazole rings is 1. The average molecular weight is 744 g/mol. The lowest BCUT2D eigenvalue weighted by atomic mass is 9.81. The van der Waals surface area contributed by atoms with Crippen molar-refractivity contribution in [3.63, 3.8) is 0 Å². The highest BCUT2D eigenvalue weighted by molar-refractivity contribution is 7.15. The fourth-order valence-electron chi connectivity index (χ4n) is 7.85. The predicted octanol–water partition coefficient (Wildman–Crippen LogP) is 6.47. The van der Waals surface area contributed by atoms with Crippen molar-refractivity contribution in [3.05, 3.63) is 74.8 Å². The first-order chi connectivity index (χ1) is 25.0. The highest BCUT2D eigenvalue weighted by atomic mass is 35.5. The fraction of sp³-hybridized carbons (Fsp3) is 0.462. The van der Waals surface area contributed by atoms with Crippen molar-refractivity contribution in [2.75, 3.05) is 38.5 Å². The van der Waals surface area contributed by atoms with Crippen molar-refractivity contribution in [1.29, 1.82) is 0 Å². The molecule has 11 nitrogen and oxygen atoms in total. The van der Waals surface area contributed by atoms with Gasteiger partial charge in [-0.15, -0.1) is 11.3 Å². The van der Waals surface area contributed by atoms with Gasteiger partial charge in [0.05, 0.1) is 47.7 Å². The van der Waals surface area contributed by atoms with Crippen LogP contribution in [0.15, 0.2) is 36.4 Å². The second-order valence-corrected chi connectivity index (χ2v) is 16.0. The van der Waals surface area contributed by atoms with Crippen LogP contribution in [0.3, 0.4) is 0 Å². The summed E-state index contributed by atoms with van der Waals surface area (Å²) in [6.07, 6.45) is 4.17. The largest absolute Gasteiger partial charge is 0.481 e. The molecule has 2 aliphatic heterocycles. The normalized spacial score (nSPS) is 18.8. The SMILES string of the molecule is CCN(C)CC(=O)N1Cc2nc(-c3cccc(-c4cccc(NC(=O)c5nc6c(n5C)CCN(C[C@H]5CC[C@H](C(=O)O)CC5)C6)c4Cl)c3C)sc2C1. The molecule has 0 atom stereocenters. The van der Waals surface area contributed by atoms with Crippen molar-refractivity contribution in [2.24, 2.45) is 18.9 Å². The summed E-state index contributed by atoms with van der Waals surface area (Å²) in [6.45, 7) is 8.95. The van der Waals surface area contributed by atoms with Crippen LogP contribution < -0.4 is 5.32 Å². The summed E-state index contributed by atoms with van der Waals surface area (Å²) >= 11 is 8.68. The molecule has 2 N–H and O–H groups in total. The summed E-state index contributed by atoms with van der Waals surface area (Å²) in [5, 5.41) is 13.8. The van der Waals surface area contributed by atoms with Crippen LogP contribution >= 0.6 is 22.9 Å². The maximum atomic E-state index is 13.7. The van der Waals surface area contributed by atoms with E-state index in [0.29, 0.717) is 48.6 Å². The van der Waals surface area contributed by atoms with Gasteiger partial charge in [-0.05, 0) is 69.3 Å². The van der Waals surface area contributed by atoms with Crippen LogP contribution in [0.25, 0.3) is 21.7 Å². The van der Waals surface area contributed by atoms with Crippen molar-refractivity contribution in [3.8, 4) is 21.7 Å². The molecule has 274 valence electrons. The molecular weight excluding hydrogens is 698 g/mol. The zero-order valence-corrected chi connectivity index (χ0v) is 31.8. The lowest BCUT2D eigenvalue weighted by molar-refractivity contribution is -0.143. The number of hydrogen-bond acceptors (Lipinski definition) is 8. The smallest absolute Gasteiger partial charge is 0.306 e. The van der Waals surface area contributed by atoms with Crippen LogP contribution in [0.2, 0.25) is 5.02 Å². The van der Waals surface area contributed by atoms with E-state index in [1.165, 1.54) is 0 Å². The molecule has 1 fully saturated rings. The van der Waals surface area contributed by atoms with E-state index in [0.717, 1.165) is 101 Å². The number of likely N-dealkylation sites (N-methyl/N-ethyl adjacent to an activating group) is 1. The maximum Gasteiger partial charge on any atom is 0.306 e. The van der Waals surface area contributed by atoms with Gasteiger partial charge in [-0.1, -0.05) is 48.9 Å². The van der Waals surface area contributed by atoms with Gasteiger partial charge in [-0.3, -0.25) is 24.2 Å². The number of aliphatic carboxylic acids is 1. The Bertz CT molecular complexity index is 1990. The fourth-order valence-corrected chi connectivity index (χ4v) is 9.29. The third-order valence-corrected chi connectivity index (χ3v) is 12.6. The Morgan fingerprint density at radius 3 is 2.46 bits per heavy atom. The van der Waals surface area contributed by atoms with E-state index in [9.17, 15) is 19.5 Å². The molecule has 0 unspecified atom stereocenters. The zero-order chi connectivity index (χ0) is 36.7. The number of anilines is 1. The number of hydrogen-bond donors (Lipinski definition) is 2. The van der Waals surface area contributed by atoms with E-state index in [-0.39, 0.29) is 17.7 Å². The predicted molar refractivity (Wildman–Crippen MR) is 203 cm³/mol. The van der Waals surface area contributed by atoms with Crippen LogP contribution in [-0.2, 0) is 42.7 Å². The first-order valence-corrected chi connectivity index (χ1v) is 19.3. The van der Waals surface area contributed by atoms with E-state index in [2.05, 4.69) is 23.2 Å². The maximum absolute atomic E-state index is 13.7. The Hall–Kier alpha value is -4.10. The number of benzene rings is 2. The molecule has 1 aliphatic carbocycles. The highest BCUT2D eigenvalue weighted by Gasteiger charge is 2.31. The molecule has 3 aliphatic rings. The van der Waals surface area contributed by atoms with Crippen LogP contribution in [0.1, 0.15) is 70.7 Å². The molecule has 4 aromatic rings. The van der Waals surface area contributed by atoms with Gasteiger partial charge in [0.2, 0.25) is 5.91 Å². The topological polar surface area (TPSA) is 124 Å². The molecule has 2 amide bonds. The third-order valence-electron chi connectivity index (χ3n) is 11.1. The van der Waals surface area contributed by atoms with E-state index in [4.69, 9.17) is 21.6 Å². The summed E-state index contributed by atoms with van der Waals surface area (Å²) in [6, 6.07) is 11.8. The number of carbonyl (C=O) groups excluding carboxylic acids is 2. The van der Waals surface area contributed by atoms with Crippen LogP contribution in [0, 0.1) is 18.8 Å². The van der Waals surface area contributed by atoms with Gasteiger partial charge in [0.15, 0.2) is 5.82 Å². The van der Waals surface area contributed by atoms with Gasteiger partial charge >= 0.3 is 5.97 Å². The number of carbonyl (C=O) groups is 3. The Labute approximate surface area is 313 Å². The molecule has 2 aromatic heterocycles.